The summed E-state index contributed by atoms with van der Waals surface area (Å²) < 4.78 is 22.8. The molecule has 3 atom stereocenters. The number of benzene rings is 1. The predicted molar refractivity (Wildman–Crippen MR) is 131 cm³/mol. The van der Waals surface area contributed by atoms with Gasteiger partial charge in [0.25, 0.3) is 0 Å². The second kappa shape index (κ2) is 8.33. The van der Waals surface area contributed by atoms with Crippen LogP contribution in [0.1, 0.15) is 58.3 Å². The van der Waals surface area contributed by atoms with Gasteiger partial charge in [0.15, 0.2) is 23.0 Å². The van der Waals surface area contributed by atoms with Gasteiger partial charge in [0.2, 0.25) is 5.95 Å². The average molecular weight is 483 g/mol. The average Bonchev–Trinajstić information content (AvgIpc) is 3.47. The van der Waals surface area contributed by atoms with E-state index in [-0.39, 0.29) is 23.7 Å². The van der Waals surface area contributed by atoms with E-state index in [4.69, 9.17) is 15.5 Å². The molecular formula is C24H31FN8O2. The van der Waals surface area contributed by atoms with E-state index in [2.05, 4.69) is 27.0 Å². The van der Waals surface area contributed by atoms with Crippen LogP contribution in [0.25, 0.3) is 16.6 Å². The third-order valence-corrected chi connectivity index (χ3v) is 7.17. The third-order valence-electron chi connectivity index (χ3n) is 7.17. The number of nitrogen functional groups attached to an aromatic ring is 1. The molecule has 10 nitrogen and oxygen atoms in total. The summed E-state index contributed by atoms with van der Waals surface area (Å²) in [6, 6.07) is 3.02. The minimum absolute atomic E-state index is 0.0544. The highest BCUT2D eigenvalue weighted by Crippen LogP contribution is 2.34. The summed E-state index contributed by atoms with van der Waals surface area (Å²) in [4.78, 5) is 11.5. The van der Waals surface area contributed by atoms with Crippen LogP contribution in [0.3, 0.4) is 0 Å². The van der Waals surface area contributed by atoms with Crippen molar-refractivity contribution in [2.75, 3.05) is 24.3 Å². The molecule has 3 aromatic heterocycles. The number of nitrogens with zero attached hydrogens (tertiary/aromatic N) is 7. The Balaban J connectivity index is 1.48. The second-order valence-electron chi connectivity index (χ2n) is 9.96. The van der Waals surface area contributed by atoms with Gasteiger partial charge in [0.1, 0.15) is 0 Å². The predicted octanol–water partition coefficient (Wildman–Crippen LogP) is 3.31. The maximum atomic E-state index is 14.5. The zero-order valence-electron chi connectivity index (χ0n) is 20.6. The summed E-state index contributed by atoms with van der Waals surface area (Å²) in [5.41, 5.74) is 7.25. The van der Waals surface area contributed by atoms with E-state index < -0.39 is 11.4 Å². The first-order valence-electron chi connectivity index (χ1n) is 11.8. The van der Waals surface area contributed by atoms with Gasteiger partial charge in [-0.3, -0.25) is 4.68 Å². The van der Waals surface area contributed by atoms with E-state index in [1.807, 2.05) is 19.3 Å². The minimum Gasteiger partial charge on any atom is -0.494 e. The Hall–Kier alpha value is -3.47. The first-order valence-corrected chi connectivity index (χ1v) is 11.8. The fourth-order valence-corrected chi connectivity index (χ4v) is 4.67. The molecule has 186 valence electrons. The fraction of sp³-hybridized carbons (Fsp3) is 0.500. The molecule has 3 N–H and O–H groups in total. The molecule has 1 aromatic carbocycles. The van der Waals surface area contributed by atoms with E-state index in [1.165, 1.54) is 23.8 Å². The molecule has 0 unspecified atom stereocenters. The van der Waals surface area contributed by atoms with Crippen molar-refractivity contribution in [1.29, 1.82) is 0 Å². The van der Waals surface area contributed by atoms with Crippen LogP contribution >= 0.6 is 0 Å². The lowest BCUT2D eigenvalue weighted by Gasteiger charge is -2.38. The van der Waals surface area contributed by atoms with Crippen LogP contribution in [0.5, 0.6) is 5.75 Å². The monoisotopic (exact) mass is 482 g/mol. The molecule has 1 fully saturated rings. The van der Waals surface area contributed by atoms with Crippen LogP contribution in [-0.4, -0.2) is 59.8 Å². The lowest BCUT2D eigenvalue weighted by molar-refractivity contribution is 0.0258. The maximum Gasteiger partial charge on any atom is 0.223 e. The fourth-order valence-electron chi connectivity index (χ4n) is 4.67. The van der Waals surface area contributed by atoms with Crippen molar-refractivity contribution in [3.8, 4) is 5.75 Å². The number of rotatable bonds is 5. The molecule has 0 spiro atoms. The summed E-state index contributed by atoms with van der Waals surface area (Å²) in [5.74, 6) is 0.496. The van der Waals surface area contributed by atoms with Gasteiger partial charge in [-0.2, -0.15) is 9.61 Å². The molecular weight excluding hydrogens is 451 g/mol. The lowest BCUT2D eigenvalue weighted by atomic mass is 9.92. The SMILES string of the molecule is COc1cc2nc(N)n3nc([C@@H]4CC[C@H](C)N(c5cnn([C@H](C)C(C)(C)O)c5)C4)nc3c2cc1F. The van der Waals surface area contributed by atoms with Crippen molar-refractivity contribution in [2.24, 2.45) is 0 Å². The Kier molecular flexibility index (Phi) is 5.54. The zero-order valence-corrected chi connectivity index (χ0v) is 20.6. The number of ether oxygens (including phenoxy) is 1. The Morgan fingerprint density at radius 1 is 1.26 bits per heavy atom. The quantitative estimate of drug-likeness (QED) is 0.445. The number of halogens is 1. The summed E-state index contributed by atoms with van der Waals surface area (Å²) in [6.07, 6.45) is 5.68. The van der Waals surface area contributed by atoms with Gasteiger partial charge >= 0.3 is 0 Å². The van der Waals surface area contributed by atoms with Gasteiger partial charge in [-0.25, -0.2) is 14.4 Å². The molecule has 0 aliphatic carbocycles. The highest BCUT2D eigenvalue weighted by Gasteiger charge is 2.32. The van der Waals surface area contributed by atoms with Gasteiger partial charge in [-0.15, -0.1) is 5.10 Å². The number of methoxy groups -OCH3 is 1. The molecule has 1 aliphatic heterocycles. The molecule has 0 bridgehead atoms. The Morgan fingerprint density at radius 2 is 2.03 bits per heavy atom. The highest BCUT2D eigenvalue weighted by molar-refractivity contribution is 5.93. The summed E-state index contributed by atoms with van der Waals surface area (Å²) in [5, 5.41) is 20.1. The van der Waals surface area contributed by atoms with Crippen LogP contribution < -0.4 is 15.4 Å². The summed E-state index contributed by atoms with van der Waals surface area (Å²) in [7, 11) is 1.41. The molecule has 5 rings (SSSR count). The van der Waals surface area contributed by atoms with Crippen LogP contribution in [0.15, 0.2) is 24.5 Å². The first kappa shape index (κ1) is 23.3. The van der Waals surface area contributed by atoms with Crippen molar-refractivity contribution < 1.29 is 14.2 Å². The first-order chi connectivity index (χ1) is 16.6. The zero-order chi connectivity index (χ0) is 25.1. The summed E-state index contributed by atoms with van der Waals surface area (Å²) >= 11 is 0. The Morgan fingerprint density at radius 3 is 2.74 bits per heavy atom. The molecule has 1 saturated heterocycles. The van der Waals surface area contributed by atoms with E-state index in [9.17, 15) is 9.50 Å². The standard InChI is InChI=1S/C24H31FN8O2/c1-13-6-7-15(11-31(13)16-10-27-32(12-16)14(2)24(3,4)34)21-29-22-17-8-18(25)20(35-5)9-19(17)28-23(26)33(22)30-21/h8-10,12-15,34H,6-7,11H2,1-5H3,(H2,26,28)/t13-,14+,15+/m0/s1. The highest BCUT2D eigenvalue weighted by atomic mass is 19.1. The summed E-state index contributed by atoms with van der Waals surface area (Å²) in [6.45, 7) is 8.39. The molecule has 0 radical (unpaired) electrons. The van der Waals surface area contributed by atoms with Gasteiger partial charge in [0.05, 0.1) is 36.2 Å². The van der Waals surface area contributed by atoms with Crippen LogP contribution in [-0.2, 0) is 0 Å². The Bertz CT molecular complexity index is 1390. The second-order valence-corrected chi connectivity index (χ2v) is 9.96. The minimum atomic E-state index is -0.889. The van der Waals surface area contributed by atoms with Crippen molar-refractivity contribution >= 4 is 28.2 Å². The molecule has 1 aliphatic rings. The number of fused-ring (bicyclic) bond motifs is 3. The number of hydrogen-bond acceptors (Lipinski definition) is 8. The number of aliphatic hydroxyl groups is 1. The molecule has 4 heterocycles. The van der Waals surface area contributed by atoms with Crippen LogP contribution in [0.4, 0.5) is 16.0 Å². The van der Waals surface area contributed by atoms with Crippen LogP contribution in [0.2, 0.25) is 0 Å². The van der Waals surface area contributed by atoms with Gasteiger partial charge in [0, 0.05) is 36.2 Å². The van der Waals surface area contributed by atoms with Gasteiger partial charge in [-0.1, -0.05) is 0 Å². The number of anilines is 2. The number of hydrogen-bond donors (Lipinski definition) is 2. The van der Waals surface area contributed by atoms with E-state index in [0.29, 0.717) is 35.0 Å². The van der Waals surface area contributed by atoms with Gasteiger partial charge < -0.3 is 20.5 Å². The lowest BCUT2D eigenvalue weighted by Crippen LogP contribution is -2.41. The van der Waals surface area contributed by atoms with Crippen molar-refractivity contribution in [3.05, 3.63) is 36.2 Å². The normalized spacial score (nSPS) is 20.0. The molecule has 35 heavy (non-hydrogen) atoms. The largest absolute Gasteiger partial charge is 0.494 e. The number of aromatic nitrogens is 6. The smallest absolute Gasteiger partial charge is 0.223 e. The van der Waals surface area contributed by atoms with E-state index in [0.717, 1.165) is 18.5 Å². The molecule has 11 heteroatoms. The molecule has 4 aromatic rings. The molecule has 0 saturated carbocycles. The van der Waals surface area contributed by atoms with E-state index >= 15 is 0 Å². The topological polar surface area (TPSA) is 120 Å². The third kappa shape index (κ3) is 4.03. The maximum absolute atomic E-state index is 14.5. The number of piperidine rings is 1. The van der Waals surface area contributed by atoms with Crippen LogP contribution in [0, 0.1) is 5.82 Å². The number of nitrogens with two attached hydrogens (primary N) is 1. The van der Waals surface area contributed by atoms with E-state index in [1.54, 1.807) is 18.5 Å². The van der Waals surface area contributed by atoms with Gasteiger partial charge in [-0.05, 0) is 46.6 Å². The Labute approximate surface area is 202 Å². The van der Waals surface area contributed by atoms with Crippen molar-refractivity contribution in [1.82, 2.24) is 29.4 Å². The van der Waals surface area contributed by atoms with Crippen molar-refractivity contribution in [2.45, 2.75) is 64.1 Å². The molecule has 0 amide bonds. The van der Waals surface area contributed by atoms with Crippen molar-refractivity contribution in [3.63, 3.8) is 0 Å².